The van der Waals surface area contributed by atoms with Crippen LogP contribution in [0.25, 0.3) is 0 Å². The van der Waals surface area contributed by atoms with Crippen LogP contribution in [-0.2, 0) is 17.9 Å². The van der Waals surface area contributed by atoms with Crippen LogP contribution in [0.3, 0.4) is 0 Å². The average Bonchev–Trinajstić information content (AvgIpc) is 2.85. The molecule has 2 heterocycles. The van der Waals surface area contributed by atoms with Gasteiger partial charge in [0.15, 0.2) is 0 Å². The van der Waals surface area contributed by atoms with Crippen molar-refractivity contribution in [2.24, 2.45) is 0 Å². The number of aryl methyl sites for hydroxylation is 1. The fraction of sp³-hybridized carbons (Fsp3) is 0.750. The summed E-state index contributed by atoms with van der Waals surface area (Å²) in [6.45, 7) is 5.95. The number of likely N-dealkylation sites (N-methyl/N-ethyl adjacent to an activating group) is 1. The van der Waals surface area contributed by atoms with Gasteiger partial charge < -0.3 is 10.2 Å². The van der Waals surface area contributed by atoms with E-state index in [2.05, 4.69) is 20.3 Å². The van der Waals surface area contributed by atoms with Crippen LogP contribution in [0.5, 0.6) is 0 Å². The Hall–Kier alpha value is -1.47. The minimum atomic E-state index is -0.120. The maximum Gasteiger partial charge on any atom is 0.240 e. The standard InChI is InChI=1S/C12H22N6O/c1-4-18-11(14-9-15-18)8-17-6-5-13-7-10(17)12(19)16(2)3/h9-10,13H,4-8H2,1-3H3. The number of amides is 1. The largest absolute Gasteiger partial charge is 0.347 e. The van der Waals surface area contributed by atoms with Crippen molar-refractivity contribution in [2.75, 3.05) is 33.7 Å². The molecule has 1 aromatic rings. The Morgan fingerprint density at radius 3 is 3.05 bits per heavy atom. The van der Waals surface area contributed by atoms with Gasteiger partial charge in [-0.2, -0.15) is 5.10 Å². The van der Waals surface area contributed by atoms with Crippen molar-refractivity contribution in [1.29, 1.82) is 0 Å². The predicted octanol–water partition coefficient (Wildman–Crippen LogP) is -0.840. The molecule has 1 fully saturated rings. The van der Waals surface area contributed by atoms with Crippen molar-refractivity contribution in [1.82, 2.24) is 29.9 Å². The number of nitrogens with one attached hydrogen (secondary N) is 1. The highest BCUT2D eigenvalue weighted by atomic mass is 16.2. The Kier molecular flexibility index (Phi) is 4.49. The summed E-state index contributed by atoms with van der Waals surface area (Å²) in [5, 5.41) is 7.45. The molecule has 7 heteroatoms. The van der Waals surface area contributed by atoms with Crippen molar-refractivity contribution in [3.8, 4) is 0 Å². The van der Waals surface area contributed by atoms with Gasteiger partial charge in [-0.25, -0.2) is 9.67 Å². The van der Waals surface area contributed by atoms with Crippen molar-refractivity contribution >= 4 is 5.91 Å². The molecular formula is C12H22N6O. The van der Waals surface area contributed by atoms with Crippen LogP contribution < -0.4 is 5.32 Å². The molecule has 1 aliphatic heterocycles. The lowest BCUT2D eigenvalue weighted by molar-refractivity contribution is -0.135. The van der Waals surface area contributed by atoms with Gasteiger partial charge in [-0.3, -0.25) is 9.69 Å². The summed E-state index contributed by atoms with van der Waals surface area (Å²) < 4.78 is 1.87. The summed E-state index contributed by atoms with van der Waals surface area (Å²) in [6.07, 6.45) is 1.57. The molecule has 0 saturated carbocycles. The molecular weight excluding hydrogens is 244 g/mol. The average molecular weight is 266 g/mol. The van der Waals surface area contributed by atoms with Crippen LogP contribution in [0.1, 0.15) is 12.7 Å². The zero-order chi connectivity index (χ0) is 13.8. The third-order valence-corrected chi connectivity index (χ3v) is 3.42. The Balaban J connectivity index is 2.10. The van der Waals surface area contributed by atoms with E-state index in [1.807, 2.05) is 11.6 Å². The molecule has 7 nitrogen and oxygen atoms in total. The summed E-state index contributed by atoms with van der Waals surface area (Å²) >= 11 is 0. The van der Waals surface area contributed by atoms with Crippen LogP contribution in [0.2, 0.25) is 0 Å². The first-order valence-electron chi connectivity index (χ1n) is 6.66. The molecule has 0 aromatic carbocycles. The number of hydrogen-bond donors (Lipinski definition) is 1. The quantitative estimate of drug-likeness (QED) is 0.770. The minimum absolute atomic E-state index is 0.120. The summed E-state index contributed by atoms with van der Waals surface area (Å²) in [5.74, 6) is 1.05. The monoisotopic (exact) mass is 266 g/mol. The zero-order valence-corrected chi connectivity index (χ0v) is 11.8. The number of piperazine rings is 1. The van der Waals surface area contributed by atoms with E-state index in [9.17, 15) is 4.79 Å². The van der Waals surface area contributed by atoms with Crippen molar-refractivity contribution in [2.45, 2.75) is 26.1 Å². The third-order valence-electron chi connectivity index (χ3n) is 3.42. The first-order valence-corrected chi connectivity index (χ1v) is 6.66. The van der Waals surface area contributed by atoms with Crippen molar-refractivity contribution in [3.05, 3.63) is 12.2 Å². The Bertz CT molecular complexity index is 430. The van der Waals surface area contributed by atoms with Gasteiger partial charge in [0.25, 0.3) is 0 Å². The van der Waals surface area contributed by atoms with E-state index in [1.165, 1.54) is 0 Å². The zero-order valence-electron chi connectivity index (χ0n) is 11.8. The molecule has 106 valence electrons. The van der Waals surface area contributed by atoms with Gasteiger partial charge in [-0.1, -0.05) is 0 Å². The van der Waals surface area contributed by atoms with Crippen LogP contribution in [0.15, 0.2) is 6.33 Å². The van der Waals surface area contributed by atoms with Crippen LogP contribution in [0, 0.1) is 0 Å². The first kappa shape index (κ1) is 14.0. The summed E-state index contributed by atoms with van der Waals surface area (Å²) in [4.78, 5) is 20.3. The lowest BCUT2D eigenvalue weighted by atomic mass is 10.1. The lowest BCUT2D eigenvalue weighted by Crippen LogP contribution is -2.57. The number of aromatic nitrogens is 3. The third kappa shape index (κ3) is 3.10. The topological polar surface area (TPSA) is 66.3 Å². The molecule has 2 rings (SSSR count). The molecule has 0 aliphatic carbocycles. The number of rotatable bonds is 4. The predicted molar refractivity (Wildman–Crippen MR) is 71.5 cm³/mol. The normalized spacial score (nSPS) is 20.5. The van der Waals surface area contributed by atoms with Gasteiger partial charge in [-0.15, -0.1) is 0 Å². The molecule has 19 heavy (non-hydrogen) atoms. The molecule has 0 bridgehead atoms. The summed E-state index contributed by atoms with van der Waals surface area (Å²) in [6, 6.07) is -0.120. The van der Waals surface area contributed by atoms with E-state index >= 15 is 0 Å². The molecule has 1 saturated heterocycles. The number of nitrogens with zero attached hydrogens (tertiary/aromatic N) is 5. The second-order valence-corrected chi connectivity index (χ2v) is 4.92. The Morgan fingerprint density at radius 1 is 1.58 bits per heavy atom. The molecule has 1 aromatic heterocycles. The van der Waals surface area contributed by atoms with E-state index in [4.69, 9.17) is 0 Å². The summed E-state index contributed by atoms with van der Waals surface area (Å²) in [5.41, 5.74) is 0. The number of carbonyl (C=O) groups is 1. The van der Waals surface area contributed by atoms with E-state index in [-0.39, 0.29) is 11.9 Å². The molecule has 0 spiro atoms. The Labute approximate surface area is 113 Å². The second-order valence-electron chi connectivity index (χ2n) is 4.92. The van der Waals surface area contributed by atoms with Gasteiger partial charge in [0.2, 0.25) is 5.91 Å². The first-order chi connectivity index (χ1) is 9.13. The molecule has 1 N–H and O–H groups in total. The van der Waals surface area contributed by atoms with Gasteiger partial charge in [-0.05, 0) is 6.92 Å². The lowest BCUT2D eigenvalue weighted by Gasteiger charge is -2.36. The van der Waals surface area contributed by atoms with Crippen LogP contribution in [0.4, 0.5) is 0 Å². The van der Waals surface area contributed by atoms with E-state index < -0.39 is 0 Å². The smallest absolute Gasteiger partial charge is 0.240 e. The highest BCUT2D eigenvalue weighted by Gasteiger charge is 2.30. The fourth-order valence-corrected chi connectivity index (χ4v) is 2.33. The van der Waals surface area contributed by atoms with Crippen molar-refractivity contribution < 1.29 is 4.79 Å². The number of hydrogen-bond acceptors (Lipinski definition) is 5. The molecule has 0 radical (unpaired) electrons. The van der Waals surface area contributed by atoms with Crippen molar-refractivity contribution in [3.63, 3.8) is 0 Å². The fourth-order valence-electron chi connectivity index (χ4n) is 2.33. The maximum atomic E-state index is 12.2. The molecule has 1 atom stereocenters. The SMILES string of the molecule is CCn1ncnc1CN1CCNCC1C(=O)N(C)C. The maximum absolute atomic E-state index is 12.2. The number of carbonyl (C=O) groups excluding carboxylic acids is 1. The van der Waals surface area contributed by atoms with E-state index in [0.717, 1.165) is 25.5 Å². The van der Waals surface area contributed by atoms with Crippen LogP contribution >= 0.6 is 0 Å². The highest BCUT2D eigenvalue weighted by molar-refractivity contribution is 5.81. The van der Waals surface area contributed by atoms with E-state index in [0.29, 0.717) is 13.1 Å². The highest BCUT2D eigenvalue weighted by Crippen LogP contribution is 2.10. The van der Waals surface area contributed by atoms with Crippen LogP contribution in [-0.4, -0.2) is 70.2 Å². The van der Waals surface area contributed by atoms with Gasteiger partial charge in [0, 0.05) is 40.3 Å². The van der Waals surface area contributed by atoms with Gasteiger partial charge in [0.1, 0.15) is 18.2 Å². The minimum Gasteiger partial charge on any atom is -0.347 e. The molecule has 1 amide bonds. The second kappa shape index (κ2) is 6.12. The molecule has 1 unspecified atom stereocenters. The molecule has 1 aliphatic rings. The van der Waals surface area contributed by atoms with E-state index in [1.54, 1.807) is 25.3 Å². The van der Waals surface area contributed by atoms with Gasteiger partial charge >= 0.3 is 0 Å². The summed E-state index contributed by atoms with van der Waals surface area (Å²) in [7, 11) is 3.59. The van der Waals surface area contributed by atoms with Gasteiger partial charge in [0.05, 0.1) is 6.54 Å². The Morgan fingerprint density at radius 2 is 2.37 bits per heavy atom.